The van der Waals surface area contributed by atoms with E-state index in [4.69, 9.17) is 5.73 Å². The maximum Gasteiger partial charge on any atom is 0.416 e. The van der Waals surface area contributed by atoms with Crippen molar-refractivity contribution in [3.8, 4) is 0 Å². The molecule has 2 N–H and O–H groups in total. The zero-order chi connectivity index (χ0) is 14.3. The highest BCUT2D eigenvalue weighted by Gasteiger charge is 2.31. The summed E-state index contributed by atoms with van der Waals surface area (Å²) in [6.45, 7) is 0. The standard InChI is InChI=1S/C14H13F3N2S.ClH/c15-14(16,17)10-3-1-2-8(6-10)7-11-12(9-4-5-9)19-13(18)20-11;/h1-3,6,9H,4-5,7H2,(H2,18,19);1H. The quantitative estimate of drug-likeness (QED) is 0.888. The average molecular weight is 335 g/mol. The number of anilines is 1. The molecule has 0 unspecified atom stereocenters. The number of nitrogen functional groups attached to an aromatic ring is 1. The van der Waals surface area contributed by atoms with Crippen molar-refractivity contribution in [3.63, 3.8) is 0 Å². The lowest BCUT2D eigenvalue weighted by atomic mass is 10.1. The van der Waals surface area contributed by atoms with Crippen LogP contribution in [0, 0.1) is 0 Å². The summed E-state index contributed by atoms with van der Waals surface area (Å²) in [6, 6.07) is 5.44. The van der Waals surface area contributed by atoms with Gasteiger partial charge in [0.2, 0.25) is 0 Å². The summed E-state index contributed by atoms with van der Waals surface area (Å²) in [7, 11) is 0. The van der Waals surface area contributed by atoms with Crippen LogP contribution in [0.4, 0.5) is 18.3 Å². The topological polar surface area (TPSA) is 38.9 Å². The molecule has 2 aromatic rings. The lowest BCUT2D eigenvalue weighted by Gasteiger charge is -2.08. The summed E-state index contributed by atoms with van der Waals surface area (Å²) < 4.78 is 38.1. The van der Waals surface area contributed by atoms with Crippen molar-refractivity contribution in [1.29, 1.82) is 0 Å². The Morgan fingerprint density at radius 3 is 2.62 bits per heavy atom. The average Bonchev–Trinajstić information content (AvgIpc) is 3.14. The Labute approximate surface area is 130 Å². The van der Waals surface area contributed by atoms with Crippen molar-refractivity contribution in [2.24, 2.45) is 0 Å². The molecule has 1 aromatic carbocycles. The number of nitrogens with two attached hydrogens (primary N) is 1. The van der Waals surface area contributed by atoms with Crippen molar-refractivity contribution in [3.05, 3.63) is 46.0 Å². The highest BCUT2D eigenvalue weighted by atomic mass is 35.5. The molecule has 7 heteroatoms. The minimum Gasteiger partial charge on any atom is -0.375 e. The molecule has 0 saturated heterocycles. The van der Waals surface area contributed by atoms with E-state index in [0.717, 1.165) is 29.5 Å². The molecule has 1 aliphatic carbocycles. The van der Waals surface area contributed by atoms with Crippen LogP contribution in [-0.2, 0) is 12.6 Å². The normalized spacial score (nSPS) is 14.8. The van der Waals surface area contributed by atoms with Crippen LogP contribution in [0.15, 0.2) is 24.3 Å². The fourth-order valence-electron chi connectivity index (χ4n) is 2.23. The molecule has 0 spiro atoms. The molecule has 1 aliphatic rings. The first-order valence-electron chi connectivity index (χ1n) is 6.34. The smallest absolute Gasteiger partial charge is 0.375 e. The molecule has 0 amide bonds. The van der Waals surface area contributed by atoms with Crippen molar-refractivity contribution < 1.29 is 13.2 Å². The van der Waals surface area contributed by atoms with E-state index in [2.05, 4.69) is 4.98 Å². The molecule has 1 heterocycles. The molecule has 1 fully saturated rings. The molecule has 0 radical (unpaired) electrons. The third-order valence-electron chi connectivity index (χ3n) is 3.33. The third-order valence-corrected chi connectivity index (χ3v) is 4.23. The van der Waals surface area contributed by atoms with Gasteiger partial charge >= 0.3 is 6.18 Å². The van der Waals surface area contributed by atoms with Gasteiger partial charge in [-0.05, 0) is 24.5 Å². The summed E-state index contributed by atoms with van der Waals surface area (Å²) in [5.74, 6) is 0.448. The predicted octanol–water partition coefficient (Wildman–Crippen LogP) is 4.63. The van der Waals surface area contributed by atoms with Crippen LogP contribution < -0.4 is 5.73 Å². The lowest BCUT2D eigenvalue weighted by molar-refractivity contribution is -0.137. The van der Waals surface area contributed by atoms with E-state index in [-0.39, 0.29) is 12.4 Å². The summed E-state index contributed by atoms with van der Waals surface area (Å²) in [6.07, 6.45) is -1.65. The second-order valence-electron chi connectivity index (χ2n) is 5.01. The SMILES string of the molecule is Cl.Nc1nc(C2CC2)c(Cc2cccc(C(F)(F)F)c2)s1. The van der Waals surface area contributed by atoms with Crippen molar-refractivity contribution in [2.75, 3.05) is 5.73 Å². The molecule has 0 atom stereocenters. The van der Waals surface area contributed by atoms with Gasteiger partial charge < -0.3 is 5.73 Å². The first-order valence-corrected chi connectivity index (χ1v) is 7.16. The van der Waals surface area contributed by atoms with Crippen LogP contribution >= 0.6 is 23.7 Å². The summed E-state index contributed by atoms with van der Waals surface area (Å²) in [5.41, 5.74) is 6.74. The number of hydrogen-bond donors (Lipinski definition) is 1. The van der Waals surface area contributed by atoms with Crippen molar-refractivity contribution in [2.45, 2.75) is 31.4 Å². The van der Waals surface area contributed by atoms with E-state index in [0.29, 0.717) is 23.0 Å². The highest BCUT2D eigenvalue weighted by Crippen LogP contribution is 2.43. The molecule has 1 saturated carbocycles. The van der Waals surface area contributed by atoms with Gasteiger partial charge in [-0.2, -0.15) is 13.2 Å². The second-order valence-corrected chi connectivity index (χ2v) is 6.12. The van der Waals surface area contributed by atoms with Crippen LogP contribution in [-0.4, -0.2) is 4.98 Å². The second kappa shape index (κ2) is 5.85. The summed E-state index contributed by atoms with van der Waals surface area (Å²) in [5, 5.41) is 0.494. The van der Waals surface area contributed by atoms with Crippen molar-refractivity contribution >= 4 is 28.9 Å². The number of aromatic nitrogens is 1. The highest BCUT2D eigenvalue weighted by molar-refractivity contribution is 7.15. The van der Waals surface area contributed by atoms with E-state index in [1.165, 1.54) is 23.5 Å². The number of hydrogen-bond acceptors (Lipinski definition) is 3. The largest absolute Gasteiger partial charge is 0.416 e. The van der Waals surface area contributed by atoms with Crippen LogP contribution in [0.5, 0.6) is 0 Å². The maximum absolute atomic E-state index is 12.7. The zero-order valence-corrected chi connectivity index (χ0v) is 12.6. The number of thiazole rings is 1. The Morgan fingerprint density at radius 2 is 2.00 bits per heavy atom. The molecule has 1 aromatic heterocycles. The van der Waals surface area contributed by atoms with Crippen LogP contribution in [0.1, 0.15) is 40.5 Å². The molecule has 0 aliphatic heterocycles. The predicted molar refractivity (Wildman–Crippen MR) is 80.0 cm³/mol. The number of halogens is 4. The number of nitrogens with zero attached hydrogens (tertiary/aromatic N) is 1. The minimum absolute atomic E-state index is 0. The molecular formula is C14H14ClF3N2S. The Bertz CT molecular complexity index is 635. The van der Waals surface area contributed by atoms with Gasteiger partial charge in [0.15, 0.2) is 5.13 Å². The Kier molecular flexibility index (Phi) is 4.49. The van der Waals surface area contributed by atoms with E-state index >= 15 is 0 Å². The number of alkyl halides is 3. The van der Waals surface area contributed by atoms with Crippen LogP contribution in [0.2, 0.25) is 0 Å². The first-order chi connectivity index (χ1) is 9.43. The monoisotopic (exact) mass is 334 g/mol. The Balaban J connectivity index is 0.00000161. The zero-order valence-electron chi connectivity index (χ0n) is 11.0. The lowest BCUT2D eigenvalue weighted by Crippen LogP contribution is -2.05. The summed E-state index contributed by atoms with van der Waals surface area (Å²) in [4.78, 5) is 5.30. The third kappa shape index (κ3) is 3.68. The van der Waals surface area contributed by atoms with E-state index < -0.39 is 11.7 Å². The van der Waals surface area contributed by atoms with Gasteiger partial charge in [0.05, 0.1) is 11.3 Å². The van der Waals surface area contributed by atoms with Gasteiger partial charge in [0.25, 0.3) is 0 Å². The van der Waals surface area contributed by atoms with Gasteiger partial charge in [-0.15, -0.1) is 23.7 Å². The number of rotatable bonds is 3. The fraction of sp³-hybridized carbons (Fsp3) is 0.357. The molecule has 2 nitrogen and oxygen atoms in total. The molecule has 3 rings (SSSR count). The van der Waals surface area contributed by atoms with E-state index in [1.54, 1.807) is 6.07 Å². The van der Waals surface area contributed by atoms with Gasteiger partial charge in [0, 0.05) is 17.2 Å². The van der Waals surface area contributed by atoms with Gasteiger partial charge in [-0.3, -0.25) is 0 Å². The van der Waals surface area contributed by atoms with Crippen LogP contribution in [0.3, 0.4) is 0 Å². The van der Waals surface area contributed by atoms with Gasteiger partial charge in [-0.25, -0.2) is 4.98 Å². The number of benzene rings is 1. The Morgan fingerprint density at radius 1 is 1.29 bits per heavy atom. The van der Waals surface area contributed by atoms with E-state index in [1.807, 2.05) is 0 Å². The minimum atomic E-state index is -4.30. The van der Waals surface area contributed by atoms with Gasteiger partial charge in [0.1, 0.15) is 0 Å². The summed E-state index contributed by atoms with van der Waals surface area (Å²) >= 11 is 1.38. The Hall–Kier alpha value is -1.27. The maximum atomic E-state index is 12.7. The first kappa shape index (κ1) is 16.1. The van der Waals surface area contributed by atoms with Crippen molar-refractivity contribution in [1.82, 2.24) is 4.98 Å². The molecule has 0 bridgehead atoms. The van der Waals surface area contributed by atoms with Crippen LogP contribution in [0.25, 0.3) is 0 Å². The van der Waals surface area contributed by atoms with Gasteiger partial charge in [-0.1, -0.05) is 18.2 Å². The molecular weight excluding hydrogens is 321 g/mol. The molecule has 21 heavy (non-hydrogen) atoms. The van der Waals surface area contributed by atoms with E-state index in [9.17, 15) is 13.2 Å². The molecule has 114 valence electrons. The fourth-order valence-corrected chi connectivity index (χ4v) is 3.18.